The van der Waals surface area contributed by atoms with Crippen molar-refractivity contribution in [3.05, 3.63) is 272 Å². The first-order valence-electron chi connectivity index (χ1n) is 24.8. The van der Waals surface area contributed by atoms with E-state index in [-0.39, 0.29) is 0 Å². The van der Waals surface area contributed by atoms with Gasteiger partial charge in [-0.1, -0.05) is 140 Å². The first-order valence-corrected chi connectivity index (χ1v) is 24.8. The van der Waals surface area contributed by atoms with Crippen molar-refractivity contribution in [2.24, 2.45) is 0 Å². The minimum atomic E-state index is 0.836. The highest BCUT2D eigenvalue weighted by molar-refractivity contribution is 6.12. The van der Waals surface area contributed by atoms with Crippen LogP contribution in [0.2, 0.25) is 0 Å². The second-order valence-corrected chi connectivity index (χ2v) is 18.6. The van der Waals surface area contributed by atoms with Crippen LogP contribution in [0.5, 0.6) is 0 Å². The summed E-state index contributed by atoms with van der Waals surface area (Å²) >= 11 is 0. The summed E-state index contributed by atoms with van der Waals surface area (Å²) in [6, 6.07) is 92.3. The number of fused-ring (bicyclic) bond motifs is 6. The van der Waals surface area contributed by atoms with Crippen LogP contribution in [0.3, 0.4) is 0 Å². The van der Waals surface area contributed by atoms with Crippen molar-refractivity contribution in [1.82, 2.24) is 0 Å². The summed E-state index contributed by atoms with van der Waals surface area (Å²) in [7, 11) is 0. The lowest BCUT2D eigenvalue weighted by molar-refractivity contribution is 0.668. The van der Waals surface area contributed by atoms with E-state index in [0.717, 1.165) is 106 Å². The van der Waals surface area contributed by atoms with Gasteiger partial charge in [-0.05, 0) is 169 Å². The van der Waals surface area contributed by atoms with E-state index in [1.165, 1.54) is 22.3 Å². The summed E-state index contributed by atoms with van der Waals surface area (Å²) in [6.45, 7) is 4.44. The van der Waals surface area contributed by atoms with Gasteiger partial charge < -0.3 is 23.5 Å². The van der Waals surface area contributed by atoms with E-state index < -0.39 is 0 Å². The largest absolute Gasteiger partial charge is 0.456 e. The molecule has 0 radical (unpaired) electrons. The average Bonchev–Trinajstić information content (AvgIpc) is 4.03. The molecular formula is C68H49N3O2. The van der Waals surface area contributed by atoms with Crippen LogP contribution in [-0.4, -0.2) is 0 Å². The Labute approximate surface area is 424 Å². The zero-order chi connectivity index (χ0) is 48.8. The SMILES string of the molecule is Cc1c(N(c2ccccc2)c2ccc(-c3ccccc3)cc2)ccc2oc3ccc(N(c4ccccc4)c4ccc5oc6ccc(N(c7ccccc7)c7ccc(-c8ccccc8)cc7)c(C)c6c5c4)cc3c12. The van der Waals surface area contributed by atoms with E-state index in [2.05, 4.69) is 289 Å². The van der Waals surface area contributed by atoms with Crippen molar-refractivity contribution in [3.8, 4) is 22.3 Å². The number of benzene rings is 11. The predicted octanol–water partition coefficient (Wildman–Crippen LogP) is 19.8. The Morgan fingerprint density at radius 3 is 0.904 bits per heavy atom. The minimum absolute atomic E-state index is 0.836. The quantitative estimate of drug-likeness (QED) is 0.129. The fraction of sp³-hybridized carbons (Fsp3) is 0.0294. The Morgan fingerprint density at radius 1 is 0.247 bits per heavy atom. The summed E-state index contributed by atoms with van der Waals surface area (Å²) in [6.07, 6.45) is 0. The Bertz CT molecular complexity index is 3830. The molecule has 13 aromatic rings. The van der Waals surface area contributed by atoms with E-state index in [0.29, 0.717) is 0 Å². The fourth-order valence-electron chi connectivity index (χ4n) is 10.7. The van der Waals surface area contributed by atoms with Gasteiger partial charge in [0.05, 0.1) is 0 Å². The minimum Gasteiger partial charge on any atom is -0.456 e. The van der Waals surface area contributed by atoms with E-state index >= 15 is 0 Å². The maximum absolute atomic E-state index is 6.67. The molecule has 0 atom stereocenters. The van der Waals surface area contributed by atoms with Crippen molar-refractivity contribution >= 4 is 95.1 Å². The summed E-state index contributed by atoms with van der Waals surface area (Å²) in [5.74, 6) is 0. The third-order valence-electron chi connectivity index (χ3n) is 14.2. The first kappa shape index (κ1) is 43.4. The van der Waals surface area contributed by atoms with Gasteiger partial charge in [-0.15, -0.1) is 0 Å². The van der Waals surface area contributed by atoms with Gasteiger partial charge in [0.25, 0.3) is 0 Å². The van der Waals surface area contributed by atoms with Crippen molar-refractivity contribution < 1.29 is 8.83 Å². The van der Waals surface area contributed by atoms with Crippen LogP contribution in [-0.2, 0) is 0 Å². The molecule has 5 heteroatoms. The number of aryl methyl sites for hydroxylation is 2. The van der Waals surface area contributed by atoms with Crippen molar-refractivity contribution in [2.45, 2.75) is 13.8 Å². The molecular weight excluding hydrogens is 891 g/mol. The highest BCUT2D eigenvalue weighted by Gasteiger charge is 2.24. The lowest BCUT2D eigenvalue weighted by atomic mass is 10.0. The molecule has 0 aliphatic rings. The molecule has 0 bridgehead atoms. The predicted molar refractivity (Wildman–Crippen MR) is 305 cm³/mol. The first-order chi connectivity index (χ1) is 36.0. The van der Waals surface area contributed by atoms with Crippen LogP contribution in [0.4, 0.5) is 51.2 Å². The maximum Gasteiger partial charge on any atom is 0.135 e. The molecule has 0 spiro atoms. The molecule has 5 nitrogen and oxygen atoms in total. The normalized spacial score (nSPS) is 11.4. The monoisotopic (exact) mass is 939 g/mol. The number of rotatable bonds is 11. The molecule has 348 valence electrons. The molecule has 73 heavy (non-hydrogen) atoms. The third kappa shape index (κ3) is 7.85. The second kappa shape index (κ2) is 18.3. The highest BCUT2D eigenvalue weighted by Crippen LogP contribution is 2.47. The number of furan rings is 2. The molecule has 0 aliphatic heterocycles. The molecule has 2 heterocycles. The van der Waals surface area contributed by atoms with E-state index in [1.54, 1.807) is 0 Å². The number of hydrogen-bond donors (Lipinski definition) is 0. The fourth-order valence-corrected chi connectivity index (χ4v) is 10.7. The topological polar surface area (TPSA) is 36.0 Å². The van der Waals surface area contributed by atoms with E-state index in [9.17, 15) is 0 Å². The lowest BCUT2D eigenvalue weighted by Gasteiger charge is -2.28. The maximum atomic E-state index is 6.67. The van der Waals surface area contributed by atoms with Crippen LogP contribution in [0.25, 0.3) is 66.1 Å². The molecule has 2 aromatic heterocycles. The number of para-hydroxylation sites is 3. The molecule has 0 amide bonds. The van der Waals surface area contributed by atoms with Gasteiger partial charge in [-0.25, -0.2) is 0 Å². The average molecular weight is 940 g/mol. The van der Waals surface area contributed by atoms with E-state index in [1.807, 2.05) is 0 Å². The van der Waals surface area contributed by atoms with Crippen molar-refractivity contribution in [1.29, 1.82) is 0 Å². The van der Waals surface area contributed by atoms with Crippen LogP contribution in [0, 0.1) is 13.8 Å². The number of nitrogens with zero attached hydrogens (tertiary/aromatic N) is 3. The van der Waals surface area contributed by atoms with Gasteiger partial charge in [0.15, 0.2) is 0 Å². The zero-order valence-corrected chi connectivity index (χ0v) is 40.5. The Morgan fingerprint density at radius 2 is 0.534 bits per heavy atom. The van der Waals surface area contributed by atoms with Gasteiger partial charge in [0.1, 0.15) is 22.3 Å². The third-order valence-corrected chi connectivity index (χ3v) is 14.2. The molecule has 0 fully saturated rings. The highest BCUT2D eigenvalue weighted by atomic mass is 16.3. The molecule has 13 rings (SSSR count). The smallest absolute Gasteiger partial charge is 0.135 e. The van der Waals surface area contributed by atoms with Crippen molar-refractivity contribution in [3.63, 3.8) is 0 Å². The number of hydrogen-bond acceptors (Lipinski definition) is 5. The van der Waals surface area contributed by atoms with Crippen LogP contribution in [0.15, 0.2) is 270 Å². The number of anilines is 9. The standard InChI is InChI=1S/C68H49N3O2/c1-46-61(70(53-24-14-6-15-25-53)55-32-28-50(29-33-55)48-18-8-3-9-19-48)38-42-65-67(46)59-44-57(36-40-63(59)72-65)69(52-22-12-5-13-23-52)58-37-41-64-60(45-58)68-47(2)62(39-43-66(68)73-64)71(54-26-16-7-17-27-54)56-34-30-51(31-35-56)49-20-10-4-11-21-49/h3-45H,1-2H3. The second-order valence-electron chi connectivity index (χ2n) is 18.6. The van der Waals surface area contributed by atoms with Crippen LogP contribution in [0.1, 0.15) is 11.1 Å². The summed E-state index contributed by atoms with van der Waals surface area (Å²) in [5.41, 5.74) is 19.9. The van der Waals surface area contributed by atoms with Crippen LogP contribution < -0.4 is 14.7 Å². The molecule has 0 saturated carbocycles. The summed E-state index contributed by atoms with van der Waals surface area (Å²) in [4.78, 5) is 7.03. The zero-order valence-electron chi connectivity index (χ0n) is 40.5. The van der Waals surface area contributed by atoms with Crippen LogP contribution >= 0.6 is 0 Å². The van der Waals surface area contributed by atoms with E-state index in [4.69, 9.17) is 8.83 Å². The molecule has 11 aromatic carbocycles. The molecule has 0 saturated heterocycles. The Hall–Kier alpha value is -9.58. The summed E-state index contributed by atoms with van der Waals surface area (Å²) in [5, 5.41) is 4.27. The van der Waals surface area contributed by atoms with Crippen molar-refractivity contribution in [2.75, 3.05) is 14.7 Å². The Balaban J connectivity index is 0.930. The van der Waals surface area contributed by atoms with Gasteiger partial charge in [0.2, 0.25) is 0 Å². The van der Waals surface area contributed by atoms with Gasteiger partial charge in [0, 0.05) is 72.7 Å². The Kier molecular flexibility index (Phi) is 10.9. The lowest BCUT2D eigenvalue weighted by Crippen LogP contribution is -2.11. The van der Waals surface area contributed by atoms with Gasteiger partial charge >= 0.3 is 0 Å². The summed E-state index contributed by atoms with van der Waals surface area (Å²) < 4.78 is 13.3. The van der Waals surface area contributed by atoms with Gasteiger partial charge in [-0.3, -0.25) is 0 Å². The van der Waals surface area contributed by atoms with Gasteiger partial charge in [-0.2, -0.15) is 0 Å². The molecule has 0 aliphatic carbocycles. The molecule has 0 N–H and O–H groups in total. The molecule has 0 unspecified atom stereocenters.